The first-order chi connectivity index (χ1) is 4.74. The second-order valence-corrected chi connectivity index (χ2v) is 4.21. The fourth-order valence-corrected chi connectivity index (χ4v) is 1.86. The maximum atomic E-state index is 10.7. The Morgan fingerprint density at radius 1 is 1.80 bits per heavy atom. The molecular weight excluding hydrogens is 262 g/mol. The average molecular weight is 271 g/mol. The zero-order chi connectivity index (χ0) is 7.56. The van der Waals surface area contributed by atoms with Crippen molar-refractivity contribution in [3.05, 3.63) is 0 Å². The van der Waals surface area contributed by atoms with Gasteiger partial charge in [0.15, 0.2) is 0 Å². The number of hydrogen-bond acceptors (Lipinski definition) is 1. The Balaban J connectivity index is 2.36. The van der Waals surface area contributed by atoms with Crippen LogP contribution in [-0.4, -0.2) is 22.1 Å². The Bertz CT molecular complexity index is 140. The highest BCUT2D eigenvalue weighted by atomic mass is 79.9. The average Bonchev–Trinajstić information content (AvgIpc) is 2.34. The summed E-state index contributed by atoms with van der Waals surface area (Å²) in [7, 11) is 0. The number of halogens is 2. The van der Waals surface area contributed by atoms with Gasteiger partial charge in [-0.15, -0.1) is 0 Å². The summed E-state index contributed by atoms with van der Waals surface area (Å²) in [5.74, 6) is 0.176. The van der Waals surface area contributed by atoms with Crippen LogP contribution in [0.25, 0.3) is 0 Å². The van der Waals surface area contributed by atoms with Crippen LogP contribution >= 0.6 is 31.9 Å². The van der Waals surface area contributed by atoms with Gasteiger partial charge in [0.05, 0.1) is 0 Å². The molecule has 10 heavy (non-hydrogen) atoms. The van der Waals surface area contributed by atoms with Crippen LogP contribution < -0.4 is 5.32 Å². The lowest BCUT2D eigenvalue weighted by molar-refractivity contribution is -0.119. The Morgan fingerprint density at radius 2 is 2.50 bits per heavy atom. The van der Waals surface area contributed by atoms with E-state index in [4.69, 9.17) is 0 Å². The summed E-state index contributed by atoms with van der Waals surface area (Å²) >= 11 is 6.82. The molecule has 2 nitrogen and oxygen atoms in total. The summed E-state index contributed by atoms with van der Waals surface area (Å²) in [5.41, 5.74) is 0. The molecule has 0 aromatic heterocycles. The van der Waals surface area contributed by atoms with Crippen LogP contribution in [0.15, 0.2) is 0 Å². The van der Waals surface area contributed by atoms with Crippen LogP contribution in [0.1, 0.15) is 12.8 Å². The highest BCUT2D eigenvalue weighted by molar-refractivity contribution is 9.12. The van der Waals surface area contributed by atoms with Crippen molar-refractivity contribution in [3.8, 4) is 0 Å². The molecule has 4 heteroatoms. The van der Waals surface area contributed by atoms with Crippen molar-refractivity contribution in [3.63, 3.8) is 0 Å². The van der Waals surface area contributed by atoms with Crippen molar-refractivity contribution in [2.24, 2.45) is 0 Å². The number of carbonyl (C=O) groups is 1. The summed E-state index contributed by atoms with van der Waals surface area (Å²) in [6, 6.07) is 0.326. The molecule has 58 valence electrons. The van der Waals surface area contributed by atoms with E-state index in [-0.39, 0.29) is 5.91 Å². The van der Waals surface area contributed by atoms with Crippen LogP contribution in [0.2, 0.25) is 0 Å². The molecule has 0 spiro atoms. The van der Waals surface area contributed by atoms with E-state index in [1.165, 1.54) is 0 Å². The molecule has 1 saturated heterocycles. The van der Waals surface area contributed by atoms with Gasteiger partial charge in [0.2, 0.25) is 5.91 Å². The quantitative estimate of drug-likeness (QED) is 0.756. The number of alkyl halides is 2. The van der Waals surface area contributed by atoms with E-state index >= 15 is 0 Å². The van der Waals surface area contributed by atoms with E-state index < -0.39 is 0 Å². The van der Waals surface area contributed by atoms with Crippen molar-refractivity contribution >= 4 is 37.8 Å². The van der Waals surface area contributed by atoms with E-state index in [1.54, 1.807) is 0 Å². The predicted molar refractivity (Wildman–Crippen MR) is 47.7 cm³/mol. The normalized spacial score (nSPS) is 28.2. The van der Waals surface area contributed by atoms with Gasteiger partial charge in [-0.25, -0.2) is 0 Å². The highest BCUT2D eigenvalue weighted by Crippen LogP contribution is 2.17. The van der Waals surface area contributed by atoms with Gasteiger partial charge < -0.3 is 5.32 Å². The SMILES string of the molecule is O=C1CCC(C(Br)CBr)N1. The molecule has 0 radical (unpaired) electrons. The predicted octanol–water partition coefficient (Wildman–Crippen LogP) is 1.42. The van der Waals surface area contributed by atoms with Crippen molar-refractivity contribution in [2.75, 3.05) is 5.33 Å². The maximum absolute atomic E-state index is 10.7. The minimum absolute atomic E-state index is 0.176. The van der Waals surface area contributed by atoms with Gasteiger partial charge in [-0.2, -0.15) is 0 Å². The topological polar surface area (TPSA) is 29.1 Å². The maximum Gasteiger partial charge on any atom is 0.220 e. The fourth-order valence-electron chi connectivity index (χ4n) is 1.02. The third-order valence-electron chi connectivity index (χ3n) is 1.61. The van der Waals surface area contributed by atoms with Gasteiger partial charge >= 0.3 is 0 Å². The summed E-state index contributed by atoms with van der Waals surface area (Å²) in [5, 5.41) is 3.78. The molecule has 0 saturated carbocycles. The third kappa shape index (κ3) is 1.95. The molecule has 1 aliphatic rings. The first kappa shape index (κ1) is 8.53. The molecule has 1 fully saturated rings. The zero-order valence-corrected chi connectivity index (χ0v) is 8.61. The highest BCUT2D eigenvalue weighted by Gasteiger charge is 2.25. The van der Waals surface area contributed by atoms with E-state index in [0.29, 0.717) is 17.3 Å². The number of amides is 1. The van der Waals surface area contributed by atoms with Crippen LogP contribution in [0.4, 0.5) is 0 Å². The van der Waals surface area contributed by atoms with Gasteiger partial charge in [-0.1, -0.05) is 31.9 Å². The second-order valence-electron chi connectivity index (χ2n) is 2.38. The summed E-state index contributed by atoms with van der Waals surface area (Å²) in [4.78, 5) is 11.1. The lowest BCUT2D eigenvalue weighted by Crippen LogP contribution is -2.33. The largest absolute Gasteiger partial charge is 0.352 e. The first-order valence-electron chi connectivity index (χ1n) is 3.23. The smallest absolute Gasteiger partial charge is 0.220 e. The fraction of sp³-hybridized carbons (Fsp3) is 0.833. The second kappa shape index (κ2) is 3.72. The van der Waals surface area contributed by atoms with E-state index in [9.17, 15) is 4.79 Å². The standard InChI is InChI=1S/C6H9Br2NO/c7-3-4(8)5-1-2-6(10)9-5/h4-5H,1-3H2,(H,9,10). The molecule has 1 heterocycles. The molecule has 0 aromatic carbocycles. The van der Waals surface area contributed by atoms with E-state index in [2.05, 4.69) is 37.2 Å². The Labute approximate surface area is 77.0 Å². The zero-order valence-electron chi connectivity index (χ0n) is 5.44. The third-order valence-corrected chi connectivity index (χ3v) is 4.14. The van der Waals surface area contributed by atoms with Crippen molar-refractivity contribution in [1.29, 1.82) is 0 Å². The molecule has 1 aliphatic heterocycles. The lowest BCUT2D eigenvalue weighted by atomic mass is 10.2. The van der Waals surface area contributed by atoms with E-state index in [0.717, 1.165) is 11.8 Å². The molecule has 0 bridgehead atoms. The van der Waals surface area contributed by atoms with Gasteiger partial charge in [-0.05, 0) is 6.42 Å². The molecular formula is C6H9Br2NO. The van der Waals surface area contributed by atoms with Crippen LogP contribution in [0.3, 0.4) is 0 Å². The van der Waals surface area contributed by atoms with Crippen LogP contribution in [0.5, 0.6) is 0 Å². The van der Waals surface area contributed by atoms with Gasteiger partial charge in [0.1, 0.15) is 0 Å². The monoisotopic (exact) mass is 269 g/mol. The molecule has 1 amide bonds. The van der Waals surface area contributed by atoms with Gasteiger partial charge in [0, 0.05) is 22.6 Å². The van der Waals surface area contributed by atoms with Crippen molar-refractivity contribution in [1.82, 2.24) is 5.32 Å². The van der Waals surface area contributed by atoms with E-state index in [1.807, 2.05) is 0 Å². The minimum Gasteiger partial charge on any atom is -0.352 e. The first-order valence-corrected chi connectivity index (χ1v) is 5.27. The summed E-state index contributed by atoms with van der Waals surface area (Å²) < 4.78 is 0. The van der Waals surface area contributed by atoms with Gasteiger partial charge in [-0.3, -0.25) is 4.79 Å². The van der Waals surface area contributed by atoms with Crippen LogP contribution in [0, 0.1) is 0 Å². The molecule has 0 aromatic rings. The molecule has 0 aliphatic carbocycles. The number of hydrogen-bond donors (Lipinski definition) is 1. The molecule has 2 unspecified atom stereocenters. The Morgan fingerprint density at radius 3 is 2.90 bits per heavy atom. The minimum atomic E-state index is 0.176. The Kier molecular flexibility index (Phi) is 3.17. The lowest BCUT2D eigenvalue weighted by Gasteiger charge is -2.13. The summed E-state index contributed by atoms with van der Waals surface area (Å²) in [6.07, 6.45) is 1.64. The molecule has 1 rings (SSSR count). The van der Waals surface area contributed by atoms with Gasteiger partial charge in [0.25, 0.3) is 0 Å². The summed E-state index contributed by atoms with van der Waals surface area (Å²) in [6.45, 7) is 0. The molecule has 2 atom stereocenters. The number of rotatable bonds is 2. The Hall–Kier alpha value is 0.430. The molecule has 1 N–H and O–H groups in total. The number of nitrogens with one attached hydrogen (secondary N) is 1. The van der Waals surface area contributed by atoms with Crippen LogP contribution in [-0.2, 0) is 4.79 Å². The van der Waals surface area contributed by atoms with Crippen molar-refractivity contribution in [2.45, 2.75) is 23.7 Å². The van der Waals surface area contributed by atoms with Crippen molar-refractivity contribution < 1.29 is 4.79 Å². The number of carbonyl (C=O) groups excluding carboxylic acids is 1.